The number of aromatic nitrogens is 3. The van der Waals surface area contributed by atoms with Gasteiger partial charge in [0.2, 0.25) is 0 Å². The number of pyridine rings is 1. The van der Waals surface area contributed by atoms with E-state index in [4.69, 9.17) is 0 Å². The van der Waals surface area contributed by atoms with Gasteiger partial charge in [0.1, 0.15) is 5.69 Å². The van der Waals surface area contributed by atoms with Gasteiger partial charge in [-0.2, -0.15) is 0 Å². The highest BCUT2D eigenvalue weighted by molar-refractivity contribution is 5.92. The summed E-state index contributed by atoms with van der Waals surface area (Å²) in [5, 5.41) is 0. The van der Waals surface area contributed by atoms with E-state index in [2.05, 4.69) is 19.9 Å². The number of nitrogens with zero attached hydrogens (tertiary/aromatic N) is 5. The maximum atomic E-state index is 12.6. The summed E-state index contributed by atoms with van der Waals surface area (Å²) >= 11 is 0. The Bertz CT molecular complexity index is 736. The monoisotopic (exact) mass is 353 g/mol. The first-order valence-electron chi connectivity index (χ1n) is 9.18. The molecule has 1 aliphatic rings. The van der Waals surface area contributed by atoms with Gasteiger partial charge in [0.15, 0.2) is 0 Å². The van der Waals surface area contributed by atoms with Crippen LogP contribution in [0.15, 0.2) is 30.6 Å². The van der Waals surface area contributed by atoms with Crippen molar-refractivity contribution in [1.29, 1.82) is 0 Å². The molecule has 2 aromatic rings. The lowest BCUT2D eigenvalue weighted by molar-refractivity contribution is 0.0684. The second-order valence-electron chi connectivity index (χ2n) is 7.34. The Labute approximate surface area is 155 Å². The lowest BCUT2D eigenvalue weighted by atomic mass is 9.92. The Morgan fingerprint density at radius 2 is 1.85 bits per heavy atom. The predicted octanol–water partition coefficient (Wildman–Crippen LogP) is 2.34. The summed E-state index contributed by atoms with van der Waals surface area (Å²) < 4.78 is 0. The van der Waals surface area contributed by atoms with E-state index < -0.39 is 0 Å². The van der Waals surface area contributed by atoms with Gasteiger partial charge in [0.05, 0.1) is 17.6 Å². The van der Waals surface area contributed by atoms with Crippen LogP contribution in [0.1, 0.15) is 40.4 Å². The zero-order valence-corrected chi connectivity index (χ0v) is 15.9. The fourth-order valence-corrected chi connectivity index (χ4v) is 3.35. The maximum Gasteiger partial charge on any atom is 0.272 e. The van der Waals surface area contributed by atoms with E-state index in [-0.39, 0.29) is 5.91 Å². The maximum absolute atomic E-state index is 12.6. The number of aryl methyl sites for hydroxylation is 1. The van der Waals surface area contributed by atoms with Crippen molar-refractivity contribution < 1.29 is 4.79 Å². The van der Waals surface area contributed by atoms with E-state index in [1.807, 2.05) is 50.4 Å². The number of piperidine rings is 1. The summed E-state index contributed by atoms with van der Waals surface area (Å²) in [4.78, 5) is 30.0. The van der Waals surface area contributed by atoms with E-state index in [0.717, 1.165) is 56.0 Å². The molecule has 0 atom stereocenters. The van der Waals surface area contributed by atoms with Crippen molar-refractivity contribution in [3.05, 3.63) is 53.4 Å². The van der Waals surface area contributed by atoms with Gasteiger partial charge in [0.25, 0.3) is 5.91 Å². The molecule has 0 spiro atoms. The molecule has 0 N–H and O–H groups in total. The van der Waals surface area contributed by atoms with Crippen LogP contribution in [-0.4, -0.2) is 57.8 Å². The summed E-state index contributed by atoms with van der Waals surface area (Å²) in [5.74, 6) is 0.596. The highest BCUT2D eigenvalue weighted by Gasteiger charge is 2.24. The molecule has 1 amide bonds. The van der Waals surface area contributed by atoms with Gasteiger partial charge >= 0.3 is 0 Å². The van der Waals surface area contributed by atoms with Crippen molar-refractivity contribution in [2.45, 2.75) is 32.7 Å². The third-order valence-electron chi connectivity index (χ3n) is 4.74. The normalized spacial score (nSPS) is 15.5. The van der Waals surface area contributed by atoms with E-state index in [0.29, 0.717) is 11.6 Å². The number of hydrogen-bond acceptors (Lipinski definition) is 5. The average Bonchev–Trinajstić information content (AvgIpc) is 2.63. The first-order valence-corrected chi connectivity index (χ1v) is 9.18. The molecule has 1 fully saturated rings. The van der Waals surface area contributed by atoms with Crippen LogP contribution >= 0.6 is 0 Å². The molecule has 6 heteroatoms. The third-order valence-corrected chi connectivity index (χ3v) is 4.74. The van der Waals surface area contributed by atoms with Crippen LogP contribution in [0.25, 0.3) is 0 Å². The smallest absolute Gasteiger partial charge is 0.272 e. The molecule has 3 rings (SSSR count). The molecule has 1 aliphatic heterocycles. The Hall–Kier alpha value is -2.34. The second-order valence-corrected chi connectivity index (χ2v) is 7.34. The third kappa shape index (κ3) is 4.85. The minimum atomic E-state index is 0.0416. The molecule has 1 saturated heterocycles. The molecule has 3 heterocycles. The minimum Gasteiger partial charge on any atom is -0.337 e. The van der Waals surface area contributed by atoms with Gasteiger partial charge in [-0.15, -0.1) is 0 Å². The molecule has 6 nitrogen and oxygen atoms in total. The number of carbonyl (C=O) groups excluding carboxylic acids is 1. The van der Waals surface area contributed by atoms with Gasteiger partial charge < -0.3 is 9.80 Å². The molecular weight excluding hydrogens is 326 g/mol. The van der Waals surface area contributed by atoms with Crippen LogP contribution in [0.5, 0.6) is 0 Å². The topological polar surface area (TPSA) is 62.2 Å². The Morgan fingerprint density at radius 3 is 2.46 bits per heavy atom. The van der Waals surface area contributed by atoms with E-state index in [9.17, 15) is 4.79 Å². The SMILES string of the molecule is Cc1cccc(C(=O)N2CCC(Cc3cnc(CN(C)C)cn3)CC2)n1. The first kappa shape index (κ1) is 18.5. The lowest BCUT2D eigenvalue weighted by Gasteiger charge is -2.31. The van der Waals surface area contributed by atoms with Crippen LogP contribution < -0.4 is 0 Å². The quantitative estimate of drug-likeness (QED) is 0.826. The molecule has 0 radical (unpaired) electrons. The van der Waals surface area contributed by atoms with E-state index in [1.54, 1.807) is 6.07 Å². The number of carbonyl (C=O) groups is 1. The van der Waals surface area contributed by atoms with E-state index >= 15 is 0 Å². The van der Waals surface area contributed by atoms with Crippen molar-refractivity contribution in [2.24, 2.45) is 5.92 Å². The van der Waals surface area contributed by atoms with Crippen LogP contribution in [-0.2, 0) is 13.0 Å². The molecule has 0 unspecified atom stereocenters. The number of likely N-dealkylation sites (tertiary alicyclic amines) is 1. The zero-order valence-electron chi connectivity index (χ0n) is 15.9. The fraction of sp³-hybridized carbons (Fsp3) is 0.500. The zero-order chi connectivity index (χ0) is 18.5. The first-order chi connectivity index (χ1) is 12.5. The summed E-state index contributed by atoms with van der Waals surface area (Å²) in [6.45, 7) is 4.28. The van der Waals surface area contributed by atoms with Crippen LogP contribution in [0.2, 0.25) is 0 Å². The Balaban J connectivity index is 1.51. The number of rotatable bonds is 5. The van der Waals surface area contributed by atoms with Gasteiger partial charge in [0, 0.05) is 31.5 Å². The lowest BCUT2D eigenvalue weighted by Crippen LogP contribution is -2.39. The minimum absolute atomic E-state index is 0.0416. The van der Waals surface area contributed by atoms with Crippen LogP contribution in [0, 0.1) is 12.8 Å². The fourth-order valence-electron chi connectivity index (χ4n) is 3.35. The van der Waals surface area contributed by atoms with Gasteiger partial charge in [-0.25, -0.2) is 4.98 Å². The average molecular weight is 353 g/mol. The summed E-state index contributed by atoms with van der Waals surface area (Å²) in [6, 6.07) is 5.60. The molecule has 138 valence electrons. The standard InChI is InChI=1S/C20H27N5O/c1-15-5-4-6-19(23-15)20(26)25-9-7-16(8-10-25)11-17-12-22-18(13-21-17)14-24(2)3/h4-6,12-13,16H,7-11,14H2,1-3H3. The van der Waals surface area contributed by atoms with Crippen molar-refractivity contribution in [2.75, 3.05) is 27.2 Å². The largest absolute Gasteiger partial charge is 0.337 e. The molecule has 0 bridgehead atoms. The van der Waals surface area contributed by atoms with Gasteiger partial charge in [-0.1, -0.05) is 6.07 Å². The van der Waals surface area contributed by atoms with Crippen LogP contribution in [0.4, 0.5) is 0 Å². The molecular formula is C20H27N5O. The Morgan fingerprint density at radius 1 is 1.15 bits per heavy atom. The van der Waals surface area contributed by atoms with Crippen molar-refractivity contribution in [3.63, 3.8) is 0 Å². The van der Waals surface area contributed by atoms with E-state index in [1.165, 1.54) is 0 Å². The predicted molar refractivity (Wildman–Crippen MR) is 101 cm³/mol. The van der Waals surface area contributed by atoms with Crippen molar-refractivity contribution >= 4 is 5.91 Å². The highest BCUT2D eigenvalue weighted by Crippen LogP contribution is 2.22. The number of amides is 1. The van der Waals surface area contributed by atoms with Crippen molar-refractivity contribution in [3.8, 4) is 0 Å². The summed E-state index contributed by atoms with van der Waals surface area (Å²) in [5.41, 5.74) is 3.45. The van der Waals surface area contributed by atoms with Crippen molar-refractivity contribution in [1.82, 2.24) is 24.8 Å². The summed E-state index contributed by atoms with van der Waals surface area (Å²) in [6.07, 6.45) is 6.70. The molecule has 0 aromatic carbocycles. The van der Waals surface area contributed by atoms with Gasteiger partial charge in [-0.3, -0.25) is 14.8 Å². The molecule has 0 saturated carbocycles. The molecule has 0 aliphatic carbocycles. The summed E-state index contributed by atoms with van der Waals surface area (Å²) in [7, 11) is 4.05. The molecule has 26 heavy (non-hydrogen) atoms. The second kappa shape index (κ2) is 8.36. The van der Waals surface area contributed by atoms with Gasteiger partial charge in [-0.05, 0) is 58.3 Å². The highest BCUT2D eigenvalue weighted by atomic mass is 16.2. The molecule has 2 aromatic heterocycles. The Kier molecular flexibility index (Phi) is 5.93. The number of hydrogen-bond donors (Lipinski definition) is 0. The van der Waals surface area contributed by atoms with Crippen LogP contribution in [0.3, 0.4) is 0 Å².